The number of nitrogens with two attached hydrogens (primary N) is 2. The summed E-state index contributed by atoms with van der Waals surface area (Å²) in [5.41, 5.74) is 11.4. The van der Waals surface area contributed by atoms with Crippen LogP contribution >= 0.6 is 0 Å². The third-order valence-electron chi connectivity index (χ3n) is 3.86. The van der Waals surface area contributed by atoms with Crippen LogP contribution in [0, 0.1) is 0 Å². The Morgan fingerprint density at radius 1 is 0.967 bits per heavy atom. The SMILES string of the molecule is NC(N)=Nc1cccc(C(=O)NCC(=O)NC(CC(=O)O)C(=O)c2ccccc2)c1. The molecule has 0 bridgehead atoms. The van der Waals surface area contributed by atoms with Gasteiger partial charge in [-0.15, -0.1) is 0 Å². The smallest absolute Gasteiger partial charge is 0.305 e. The van der Waals surface area contributed by atoms with Gasteiger partial charge in [-0.05, 0) is 18.2 Å². The molecule has 0 spiro atoms. The lowest BCUT2D eigenvalue weighted by molar-refractivity contribution is -0.137. The molecule has 10 heteroatoms. The van der Waals surface area contributed by atoms with E-state index in [-0.39, 0.29) is 17.1 Å². The van der Waals surface area contributed by atoms with Gasteiger partial charge in [0.15, 0.2) is 11.7 Å². The maximum Gasteiger partial charge on any atom is 0.305 e. The third-order valence-corrected chi connectivity index (χ3v) is 3.86. The first kappa shape index (κ1) is 22.1. The number of aliphatic carboxylic acids is 1. The zero-order valence-electron chi connectivity index (χ0n) is 15.9. The lowest BCUT2D eigenvalue weighted by Crippen LogP contribution is -2.46. The molecule has 2 amide bonds. The Balaban J connectivity index is 2.00. The maximum absolute atomic E-state index is 12.5. The third kappa shape index (κ3) is 6.75. The number of carbonyl (C=O) groups excluding carboxylic acids is 3. The van der Waals surface area contributed by atoms with E-state index in [1.165, 1.54) is 24.3 Å². The van der Waals surface area contributed by atoms with Crippen molar-refractivity contribution in [3.8, 4) is 0 Å². The summed E-state index contributed by atoms with van der Waals surface area (Å²) in [4.78, 5) is 51.9. The van der Waals surface area contributed by atoms with Crippen LogP contribution in [0.5, 0.6) is 0 Å². The average molecular weight is 411 g/mol. The number of carboxylic acid groups (broad SMARTS) is 1. The van der Waals surface area contributed by atoms with E-state index >= 15 is 0 Å². The van der Waals surface area contributed by atoms with Gasteiger partial charge >= 0.3 is 5.97 Å². The van der Waals surface area contributed by atoms with Crippen molar-refractivity contribution in [2.45, 2.75) is 12.5 Å². The molecular weight excluding hydrogens is 390 g/mol. The number of benzene rings is 2. The number of nitrogens with one attached hydrogen (secondary N) is 2. The van der Waals surface area contributed by atoms with Gasteiger partial charge in [0.25, 0.3) is 5.91 Å². The van der Waals surface area contributed by atoms with Gasteiger partial charge in [0.05, 0.1) is 18.7 Å². The van der Waals surface area contributed by atoms with Crippen LogP contribution in [0.1, 0.15) is 27.1 Å². The van der Waals surface area contributed by atoms with Crippen LogP contribution < -0.4 is 22.1 Å². The molecule has 30 heavy (non-hydrogen) atoms. The summed E-state index contributed by atoms with van der Waals surface area (Å²) in [7, 11) is 0. The Labute approximate surface area is 172 Å². The van der Waals surface area contributed by atoms with E-state index < -0.39 is 42.6 Å². The summed E-state index contributed by atoms with van der Waals surface area (Å²) >= 11 is 0. The number of amides is 2. The van der Waals surface area contributed by atoms with Crippen molar-refractivity contribution < 1.29 is 24.3 Å². The van der Waals surface area contributed by atoms with Crippen LogP contribution in [0.2, 0.25) is 0 Å². The molecule has 0 saturated heterocycles. The zero-order valence-corrected chi connectivity index (χ0v) is 15.9. The van der Waals surface area contributed by atoms with Crippen molar-refractivity contribution in [2.24, 2.45) is 16.5 Å². The minimum absolute atomic E-state index is 0.167. The fourth-order valence-corrected chi connectivity index (χ4v) is 2.56. The lowest BCUT2D eigenvalue weighted by atomic mass is 10.0. The summed E-state index contributed by atoms with van der Waals surface area (Å²) in [6.45, 7) is -0.455. The van der Waals surface area contributed by atoms with Crippen molar-refractivity contribution >= 4 is 35.2 Å². The molecule has 7 N–H and O–H groups in total. The first-order chi connectivity index (χ1) is 14.3. The summed E-state index contributed by atoms with van der Waals surface area (Å²) in [5, 5.41) is 13.8. The monoisotopic (exact) mass is 411 g/mol. The van der Waals surface area contributed by atoms with E-state index in [1.807, 2.05) is 0 Å². The number of aliphatic imine (C=N–C) groups is 1. The van der Waals surface area contributed by atoms with Crippen molar-refractivity contribution in [1.82, 2.24) is 10.6 Å². The molecule has 0 aliphatic carbocycles. The molecule has 2 rings (SSSR count). The number of rotatable bonds is 9. The maximum atomic E-state index is 12.5. The number of hydrogen-bond donors (Lipinski definition) is 5. The molecule has 0 fully saturated rings. The van der Waals surface area contributed by atoms with Crippen LogP contribution in [-0.4, -0.2) is 47.2 Å². The van der Waals surface area contributed by atoms with Crippen molar-refractivity contribution in [1.29, 1.82) is 0 Å². The second kappa shape index (κ2) is 10.4. The van der Waals surface area contributed by atoms with Gasteiger partial charge in [-0.25, -0.2) is 4.99 Å². The molecule has 0 aromatic heterocycles. The van der Waals surface area contributed by atoms with Crippen molar-refractivity contribution in [3.63, 3.8) is 0 Å². The van der Waals surface area contributed by atoms with Crippen LogP contribution in [0.15, 0.2) is 59.6 Å². The van der Waals surface area contributed by atoms with Gasteiger partial charge in [-0.3, -0.25) is 19.2 Å². The minimum atomic E-state index is -1.26. The first-order valence-electron chi connectivity index (χ1n) is 8.84. The number of Topliss-reactive ketones (excluding diaryl/α,β-unsaturated/α-hetero) is 1. The average Bonchev–Trinajstić information content (AvgIpc) is 2.71. The standard InChI is InChI=1S/C20H21N5O5/c21-20(22)24-14-8-4-7-13(9-14)19(30)23-11-16(26)25-15(10-17(27)28)18(29)12-5-2-1-3-6-12/h1-9,15H,10-11H2,(H,23,30)(H,25,26)(H,27,28)(H4,21,22,24). The lowest BCUT2D eigenvalue weighted by Gasteiger charge is -2.16. The van der Waals surface area contributed by atoms with Crippen molar-refractivity contribution in [3.05, 3.63) is 65.7 Å². The summed E-state index contributed by atoms with van der Waals surface area (Å²) < 4.78 is 0. The largest absolute Gasteiger partial charge is 0.481 e. The van der Waals surface area contributed by atoms with Gasteiger partial charge in [-0.2, -0.15) is 0 Å². The van der Waals surface area contributed by atoms with E-state index in [0.717, 1.165) is 0 Å². The zero-order chi connectivity index (χ0) is 22.1. The highest BCUT2D eigenvalue weighted by molar-refractivity contribution is 6.04. The number of guanidine groups is 1. The van der Waals surface area contributed by atoms with E-state index in [1.54, 1.807) is 30.3 Å². The second-order valence-corrected chi connectivity index (χ2v) is 6.22. The molecule has 0 saturated carbocycles. The van der Waals surface area contributed by atoms with Gasteiger partial charge in [0.1, 0.15) is 6.04 Å². The highest BCUT2D eigenvalue weighted by Crippen LogP contribution is 2.13. The minimum Gasteiger partial charge on any atom is -0.481 e. The molecule has 2 aromatic rings. The summed E-state index contributed by atoms with van der Waals surface area (Å²) in [5.74, 6) is -3.23. The molecular formula is C20H21N5O5. The highest BCUT2D eigenvalue weighted by atomic mass is 16.4. The molecule has 0 aliphatic rings. The van der Waals surface area contributed by atoms with Gasteiger partial charge < -0.3 is 27.2 Å². The van der Waals surface area contributed by atoms with Crippen molar-refractivity contribution in [2.75, 3.05) is 6.54 Å². The van der Waals surface area contributed by atoms with Crippen LogP contribution in [0.4, 0.5) is 5.69 Å². The van der Waals surface area contributed by atoms with E-state index in [9.17, 15) is 19.2 Å². The van der Waals surface area contributed by atoms with Gasteiger partial charge in [-0.1, -0.05) is 36.4 Å². The fourth-order valence-electron chi connectivity index (χ4n) is 2.56. The highest BCUT2D eigenvalue weighted by Gasteiger charge is 2.24. The molecule has 0 heterocycles. The van der Waals surface area contributed by atoms with E-state index in [0.29, 0.717) is 5.69 Å². The Hall–Kier alpha value is -4.21. The predicted octanol–water partition coefficient (Wildman–Crippen LogP) is 0.164. The normalized spacial score (nSPS) is 11.1. The van der Waals surface area contributed by atoms with Gasteiger partial charge in [0.2, 0.25) is 5.91 Å². The number of carboxylic acids is 1. The molecule has 1 unspecified atom stereocenters. The molecule has 2 aromatic carbocycles. The Morgan fingerprint density at radius 3 is 2.27 bits per heavy atom. The second-order valence-electron chi connectivity index (χ2n) is 6.22. The molecule has 1 atom stereocenters. The first-order valence-corrected chi connectivity index (χ1v) is 8.84. The number of ketones is 1. The molecule has 0 radical (unpaired) electrons. The van der Waals surface area contributed by atoms with Crippen LogP contribution in [0.3, 0.4) is 0 Å². The summed E-state index contributed by atoms with van der Waals surface area (Å²) in [6.07, 6.45) is -0.589. The van der Waals surface area contributed by atoms with Crippen LogP contribution in [0.25, 0.3) is 0 Å². The predicted molar refractivity (Wildman–Crippen MR) is 109 cm³/mol. The fraction of sp³-hybridized carbons (Fsp3) is 0.150. The molecule has 10 nitrogen and oxygen atoms in total. The number of hydrogen-bond acceptors (Lipinski definition) is 5. The number of carbonyl (C=O) groups is 4. The quantitative estimate of drug-likeness (QED) is 0.222. The molecule has 156 valence electrons. The van der Waals surface area contributed by atoms with E-state index in [2.05, 4.69) is 15.6 Å². The van der Waals surface area contributed by atoms with Crippen LogP contribution in [-0.2, 0) is 9.59 Å². The Kier molecular flexibility index (Phi) is 7.63. The molecule has 0 aliphatic heterocycles. The van der Waals surface area contributed by atoms with E-state index in [4.69, 9.17) is 16.6 Å². The number of nitrogens with zero attached hydrogens (tertiary/aromatic N) is 1. The summed E-state index contributed by atoms with van der Waals surface area (Å²) in [6, 6.07) is 12.8. The van der Waals surface area contributed by atoms with Gasteiger partial charge in [0, 0.05) is 11.1 Å². The topological polar surface area (TPSA) is 177 Å². The Bertz CT molecular complexity index is 971. The Morgan fingerprint density at radius 2 is 1.63 bits per heavy atom.